The second-order valence-electron chi connectivity index (χ2n) is 14.8. The number of aliphatic hydroxyl groups excluding tert-OH is 5. The van der Waals surface area contributed by atoms with Gasteiger partial charge in [0.15, 0.2) is 6.10 Å². The number of rotatable bonds is 34. The van der Waals surface area contributed by atoms with Crippen LogP contribution in [-0.4, -0.2) is 98.3 Å². The lowest BCUT2D eigenvalue weighted by Crippen LogP contribution is -2.64. The SMILES string of the molecule is CC/C=C/C/C=C/C/C=C/C/C=C/C/C=C/CCCC(=O)OC[C@@H](COP(=O)(O)OC1C(O)C(O)C(O)[C@H](O)C1O)OC(=O)CCCCCCCCCCCCCC. The molecule has 1 aliphatic rings. The molecule has 1 fully saturated rings. The third-order valence-corrected chi connectivity index (χ3v) is 10.6. The van der Waals surface area contributed by atoms with Crippen LogP contribution in [0.4, 0.5) is 0 Å². The molecule has 13 nitrogen and oxygen atoms in total. The number of ether oxygens (including phenoxy) is 2. The molecule has 0 aromatic rings. The van der Waals surface area contributed by atoms with Gasteiger partial charge in [0.25, 0.3) is 0 Å². The Kier molecular flexibility index (Phi) is 31.7. The van der Waals surface area contributed by atoms with E-state index in [1.165, 1.54) is 44.9 Å². The Morgan fingerprint density at radius 2 is 0.983 bits per heavy atom. The molecule has 6 N–H and O–H groups in total. The molecule has 0 aromatic heterocycles. The van der Waals surface area contributed by atoms with E-state index in [1.807, 2.05) is 12.2 Å². The van der Waals surface area contributed by atoms with Gasteiger partial charge < -0.3 is 39.9 Å². The number of hydrogen-bond donors (Lipinski definition) is 6. The Balaban J connectivity index is 2.53. The molecule has 0 saturated heterocycles. The van der Waals surface area contributed by atoms with Gasteiger partial charge in [-0.25, -0.2) is 4.57 Å². The number of hydrogen-bond acceptors (Lipinski definition) is 12. The minimum absolute atomic E-state index is 0.0843. The number of allylic oxidation sites excluding steroid dienone is 10. The summed E-state index contributed by atoms with van der Waals surface area (Å²) in [6.07, 6.45) is 27.2. The minimum Gasteiger partial charge on any atom is -0.462 e. The first kappa shape index (κ1) is 53.6. The zero-order valence-electron chi connectivity index (χ0n) is 35.1. The normalized spacial score (nSPS) is 23.1. The smallest absolute Gasteiger partial charge is 0.462 e. The van der Waals surface area contributed by atoms with Gasteiger partial charge in [-0.05, 0) is 51.4 Å². The van der Waals surface area contributed by atoms with Crippen LogP contribution >= 0.6 is 7.82 Å². The van der Waals surface area contributed by atoms with Crippen LogP contribution in [0.2, 0.25) is 0 Å². The maximum absolute atomic E-state index is 12.8. The highest BCUT2D eigenvalue weighted by molar-refractivity contribution is 7.47. The lowest BCUT2D eigenvalue weighted by atomic mass is 9.85. The molecule has 1 saturated carbocycles. The van der Waals surface area contributed by atoms with Crippen molar-refractivity contribution in [2.75, 3.05) is 13.2 Å². The molecular weight excluding hydrogens is 767 g/mol. The fourth-order valence-corrected chi connectivity index (χ4v) is 7.12. The number of aliphatic hydroxyl groups is 5. The summed E-state index contributed by atoms with van der Waals surface area (Å²) >= 11 is 0. The van der Waals surface area contributed by atoms with Gasteiger partial charge in [0.1, 0.15) is 43.2 Å². The van der Waals surface area contributed by atoms with Crippen molar-refractivity contribution in [1.29, 1.82) is 0 Å². The Hall–Kier alpha value is -2.45. The monoisotopic (exact) mass is 842 g/mol. The van der Waals surface area contributed by atoms with Crippen LogP contribution < -0.4 is 0 Å². The lowest BCUT2D eigenvalue weighted by Gasteiger charge is -2.41. The van der Waals surface area contributed by atoms with Crippen LogP contribution in [0.25, 0.3) is 0 Å². The average Bonchev–Trinajstić information content (AvgIpc) is 3.20. The highest BCUT2D eigenvalue weighted by atomic mass is 31.2. The maximum atomic E-state index is 12.8. The average molecular weight is 843 g/mol. The van der Waals surface area contributed by atoms with Crippen molar-refractivity contribution in [3.63, 3.8) is 0 Å². The second kappa shape index (κ2) is 34.3. The fourth-order valence-electron chi connectivity index (χ4n) is 6.15. The zero-order valence-corrected chi connectivity index (χ0v) is 36.0. The highest BCUT2D eigenvalue weighted by Gasteiger charge is 2.51. The van der Waals surface area contributed by atoms with Gasteiger partial charge in [0.2, 0.25) is 0 Å². The first-order chi connectivity index (χ1) is 27.9. The van der Waals surface area contributed by atoms with E-state index in [4.69, 9.17) is 18.5 Å². The van der Waals surface area contributed by atoms with Gasteiger partial charge in [-0.15, -0.1) is 0 Å². The number of esters is 2. The van der Waals surface area contributed by atoms with Crippen LogP contribution in [0.3, 0.4) is 0 Å². The third kappa shape index (κ3) is 26.6. The minimum atomic E-state index is -5.13. The van der Waals surface area contributed by atoms with Crippen molar-refractivity contribution in [1.82, 2.24) is 0 Å². The van der Waals surface area contributed by atoms with Crippen LogP contribution in [-0.2, 0) is 32.7 Å². The van der Waals surface area contributed by atoms with Crippen molar-refractivity contribution in [2.45, 2.75) is 191 Å². The molecule has 6 unspecified atom stereocenters. The van der Waals surface area contributed by atoms with Crippen molar-refractivity contribution < 1.29 is 63.1 Å². The molecule has 58 heavy (non-hydrogen) atoms. The first-order valence-corrected chi connectivity index (χ1v) is 23.1. The highest BCUT2D eigenvalue weighted by Crippen LogP contribution is 2.47. The predicted molar refractivity (Wildman–Crippen MR) is 226 cm³/mol. The molecule has 0 aromatic carbocycles. The summed E-state index contributed by atoms with van der Waals surface area (Å²) in [5.74, 6) is -1.17. The lowest BCUT2D eigenvalue weighted by molar-refractivity contribution is -0.220. The molecular formula is C44H75O13P. The summed E-state index contributed by atoms with van der Waals surface area (Å²) in [6, 6.07) is 0. The number of unbranched alkanes of at least 4 members (excludes halogenated alkanes) is 12. The Labute approximate surface area is 347 Å². The molecule has 14 heteroatoms. The Morgan fingerprint density at radius 1 is 0.552 bits per heavy atom. The molecule has 0 aliphatic heterocycles. The molecule has 0 amide bonds. The number of carbonyl (C=O) groups is 2. The van der Waals surface area contributed by atoms with Crippen LogP contribution in [0, 0.1) is 0 Å². The van der Waals surface area contributed by atoms with Crippen LogP contribution in [0.1, 0.15) is 149 Å². The number of phosphoric ester groups is 1. The Morgan fingerprint density at radius 3 is 1.48 bits per heavy atom. The first-order valence-electron chi connectivity index (χ1n) is 21.6. The van der Waals surface area contributed by atoms with E-state index in [9.17, 15) is 44.6 Å². The van der Waals surface area contributed by atoms with Crippen molar-refractivity contribution in [3.05, 3.63) is 60.8 Å². The summed E-state index contributed by atoms with van der Waals surface area (Å²) in [5.41, 5.74) is 0. The summed E-state index contributed by atoms with van der Waals surface area (Å²) in [6.45, 7) is 3.11. The number of phosphoric acid groups is 1. The van der Waals surface area contributed by atoms with Crippen LogP contribution in [0.5, 0.6) is 0 Å². The quantitative estimate of drug-likeness (QED) is 0.0159. The van der Waals surface area contributed by atoms with Gasteiger partial charge in [-0.2, -0.15) is 0 Å². The van der Waals surface area contributed by atoms with E-state index in [2.05, 4.69) is 62.5 Å². The van der Waals surface area contributed by atoms with E-state index in [-0.39, 0.29) is 12.8 Å². The van der Waals surface area contributed by atoms with Gasteiger partial charge >= 0.3 is 19.8 Å². The molecule has 0 spiro atoms. The van der Waals surface area contributed by atoms with Crippen molar-refractivity contribution in [2.24, 2.45) is 0 Å². The van der Waals surface area contributed by atoms with E-state index >= 15 is 0 Å². The molecule has 1 aliphatic carbocycles. The molecule has 1 rings (SSSR count). The van der Waals surface area contributed by atoms with Crippen LogP contribution in [0.15, 0.2) is 60.8 Å². The van der Waals surface area contributed by atoms with Gasteiger partial charge in [-0.1, -0.05) is 145 Å². The van der Waals surface area contributed by atoms with E-state index < -0.39 is 75.7 Å². The van der Waals surface area contributed by atoms with Gasteiger partial charge in [-0.3, -0.25) is 18.6 Å². The van der Waals surface area contributed by atoms with Crippen molar-refractivity contribution in [3.8, 4) is 0 Å². The van der Waals surface area contributed by atoms with E-state index in [0.29, 0.717) is 19.3 Å². The van der Waals surface area contributed by atoms with Gasteiger partial charge in [0, 0.05) is 12.8 Å². The Bertz CT molecular complexity index is 1250. The molecule has 0 bridgehead atoms. The number of carbonyl (C=O) groups excluding carboxylic acids is 2. The van der Waals surface area contributed by atoms with E-state index in [1.54, 1.807) is 0 Å². The summed E-state index contributed by atoms with van der Waals surface area (Å²) in [5, 5.41) is 50.0. The van der Waals surface area contributed by atoms with E-state index in [0.717, 1.165) is 57.8 Å². The molecule has 0 heterocycles. The summed E-state index contributed by atoms with van der Waals surface area (Å²) in [4.78, 5) is 35.6. The third-order valence-electron chi connectivity index (χ3n) is 9.62. The zero-order chi connectivity index (χ0) is 42.9. The molecule has 8 atom stereocenters. The largest absolute Gasteiger partial charge is 0.472 e. The molecule has 334 valence electrons. The fraction of sp³-hybridized carbons (Fsp3) is 0.727. The van der Waals surface area contributed by atoms with Gasteiger partial charge in [0.05, 0.1) is 6.61 Å². The summed E-state index contributed by atoms with van der Waals surface area (Å²) < 4.78 is 33.4. The standard InChI is InChI=1S/C44H75O13P/c1-3-5-7-9-11-13-15-17-18-19-20-21-23-24-26-28-30-32-37(45)54-34-36(56-38(46)33-31-29-27-25-22-16-14-12-10-8-6-4-2)35-55-58(52,53)57-44-42(50)40(48)39(47)41(49)43(44)51/h5,7,11,13,17-18,20-21,24,26,36,39-44,47-51H,3-4,6,8-10,12,14-16,19,22-23,25,27-35H2,1-2H3,(H,52,53)/b7-5+,13-11+,18-17+,21-20+,26-24+/t36-,39?,40-,41?,42?,43?,44?/m0/s1. The van der Waals surface area contributed by atoms with Crippen molar-refractivity contribution >= 4 is 19.8 Å². The molecule has 0 radical (unpaired) electrons. The summed E-state index contributed by atoms with van der Waals surface area (Å²) in [7, 11) is -5.13. The second-order valence-corrected chi connectivity index (χ2v) is 16.2. The topological polar surface area (TPSA) is 210 Å². The maximum Gasteiger partial charge on any atom is 0.472 e. The predicted octanol–water partition coefficient (Wildman–Crippen LogP) is 7.77.